The molecule has 0 bridgehead atoms. The van der Waals surface area contributed by atoms with Gasteiger partial charge < -0.3 is 14.8 Å². The molecule has 0 amide bonds. The van der Waals surface area contributed by atoms with Crippen molar-refractivity contribution in [2.24, 2.45) is 0 Å². The van der Waals surface area contributed by atoms with Crippen LogP contribution in [-0.2, 0) is 14.3 Å². The minimum Gasteiger partial charge on any atom is -0.465 e. The molecule has 0 aliphatic rings. The van der Waals surface area contributed by atoms with Crippen molar-refractivity contribution in [1.82, 2.24) is 5.32 Å². The maximum atomic E-state index is 11.7. The van der Waals surface area contributed by atoms with E-state index in [1.54, 1.807) is 20.9 Å². The molecule has 16 heavy (non-hydrogen) atoms. The zero-order valence-electron chi connectivity index (χ0n) is 11.0. The number of hydrogen-bond donors (Lipinski definition) is 1. The summed E-state index contributed by atoms with van der Waals surface area (Å²) in [6.45, 7) is 7.19. The van der Waals surface area contributed by atoms with Gasteiger partial charge in [-0.25, -0.2) is 4.79 Å². The van der Waals surface area contributed by atoms with Gasteiger partial charge in [-0.3, -0.25) is 0 Å². The molecule has 0 spiro atoms. The molecule has 96 valence electrons. The fraction of sp³-hybridized carbons (Fsp3) is 0.917. The summed E-state index contributed by atoms with van der Waals surface area (Å²) in [5, 5.41) is 2.95. The van der Waals surface area contributed by atoms with E-state index in [-0.39, 0.29) is 5.97 Å². The van der Waals surface area contributed by atoms with Crippen LogP contribution >= 0.6 is 0 Å². The van der Waals surface area contributed by atoms with Crippen molar-refractivity contribution in [3.05, 3.63) is 0 Å². The predicted octanol–water partition coefficient (Wildman–Crippen LogP) is 1.73. The summed E-state index contributed by atoms with van der Waals surface area (Å²) < 4.78 is 10.5. The van der Waals surface area contributed by atoms with E-state index in [4.69, 9.17) is 9.47 Å². The standard InChI is InChI=1S/C12H25NO3/c1-5-7-8-9-15-10-12(3,13-4)11(14)16-6-2/h13H,5-10H2,1-4H3. The molecular formula is C12H25NO3. The largest absolute Gasteiger partial charge is 0.465 e. The number of carbonyl (C=O) groups is 1. The highest BCUT2D eigenvalue weighted by molar-refractivity contribution is 5.80. The van der Waals surface area contributed by atoms with Crippen LogP contribution in [0.3, 0.4) is 0 Å². The highest BCUT2D eigenvalue weighted by atomic mass is 16.5. The summed E-state index contributed by atoms with van der Waals surface area (Å²) in [5.74, 6) is -0.256. The number of hydrogen-bond acceptors (Lipinski definition) is 4. The number of esters is 1. The lowest BCUT2D eigenvalue weighted by molar-refractivity contribution is -0.153. The van der Waals surface area contributed by atoms with E-state index in [2.05, 4.69) is 12.2 Å². The second kappa shape index (κ2) is 8.53. The summed E-state index contributed by atoms with van der Waals surface area (Å²) >= 11 is 0. The summed E-state index contributed by atoms with van der Waals surface area (Å²) in [7, 11) is 1.74. The smallest absolute Gasteiger partial charge is 0.328 e. The molecule has 0 aliphatic carbocycles. The van der Waals surface area contributed by atoms with Gasteiger partial charge >= 0.3 is 5.97 Å². The molecule has 0 aromatic heterocycles. The van der Waals surface area contributed by atoms with Gasteiger partial charge in [-0.1, -0.05) is 19.8 Å². The van der Waals surface area contributed by atoms with E-state index in [9.17, 15) is 4.79 Å². The molecule has 0 saturated carbocycles. The van der Waals surface area contributed by atoms with Gasteiger partial charge in [0.25, 0.3) is 0 Å². The molecule has 0 rings (SSSR count). The lowest BCUT2D eigenvalue weighted by atomic mass is 10.1. The molecule has 4 nitrogen and oxygen atoms in total. The van der Waals surface area contributed by atoms with E-state index in [1.807, 2.05) is 0 Å². The predicted molar refractivity (Wildman–Crippen MR) is 64.4 cm³/mol. The third-order valence-corrected chi connectivity index (χ3v) is 2.56. The van der Waals surface area contributed by atoms with Crippen molar-refractivity contribution in [1.29, 1.82) is 0 Å². The van der Waals surface area contributed by atoms with E-state index in [0.29, 0.717) is 19.8 Å². The minimum atomic E-state index is -0.734. The van der Waals surface area contributed by atoms with Crippen molar-refractivity contribution in [2.45, 2.75) is 45.6 Å². The quantitative estimate of drug-likeness (QED) is 0.485. The number of rotatable bonds is 9. The molecule has 0 fully saturated rings. The number of nitrogens with one attached hydrogen (secondary N) is 1. The van der Waals surface area contributed by atoms with Crippen LogP contribution in [0.1, 0.15) is 40.0 Å². The van der Waals surface area contributed by atoms with Crippen molar-refractivity contribution in [3.63, 3.8) is 0 Å². The van der Waals surface area contributed by atoms with Crippen LogP contribution in [0.15, 0.2) is 0 Å². The molecule has 1 atom stereocenters. The van der Waals surface area contributed by atoms with Crippen LogP contribution in [0.2, 0.25) is 0 Å². The van der Waals surface area contributed by atoms with Crippen LogP contribution in [0.4, 0.5) is 0 Å². The molecule has 0 aromatic carbocycles. The molecule has 4 heteroatoms. The Kier molecular flexibility index (Phi) is 8.21. The second-order valence-corrected chi connectivity index (χ2v) is 4.06. The van der Waals surface area contributed by atoms with Crippen LogP contribution in [0, 0.1) is 0 Å². The summed E-state index contributed by atoms with van der Waals surface area (Å²) in [6, 6.07) is 0. The van der Waals surface area contributed by atoms with Gasteiger partial charge in [0, 0.05) is 6.61 Å². The van der Waals surface area contributed by atoms with Crippen LogP contribution in [0.5, 0.6) is 0 Å². The van der Waals surface area contributed by atoms with Crippen LogP contribution in [0.25, 0.3) is 0 Å². The van der Waals surface area contributed by atoms with Gasteiger partial charge in [0.05, 0.1) is 13.2 Å². The van der Waals surface area contributed by atoms with Gasteiger partial charge in [0.2, 0.25) is 0 Å². The fourth-order valence-corrected chi connectivity index (χ4v) is 1.25. The third kappa shape index (κ3) is 5.47. The average molecular weight is 231 g/mol. The maximum absolute atomic E-state index is 11.7. The molecule has 0 aromatic rings. The van der Waals surface area contributed by atoms with Crippen molar-refractivity contribution < 1.29 is 14.3 Å². The van der Waals surface area contributed by atoms with Crippen LogP contribution < -0.4 is 5.32 Å². The zero-order chi connectivity index (χ0) is 12.4. The first-order valence-corrected chi connectivity index (χ1v) is 6.04. The monoisotopic (exact) mass is 231 g/mol. The van der Waals surface area contributed by atoms with Crippen LogP contribution in [-0.4, -0.2) is 38.4 Å². The topological polar surface area (TPSA) is 47.6 Å². The van der Waals surface area contributed by atoms with Gasteiger partial charge in [0.15, 0.2) is 0 Å². The minimum absolute atomic E-state index is 0.256. The first-order chi connectivity index (χ1) is 7.60. The van der Waals surface area contributed by atoms with E-state index in [0.717, 1.165) is 12.8 Å². The normalized spacial score (nSPS) is 14.5. The van der Waals surface area contributed by atoms with E-state index < -0.39 is 5.54 Å². The van der Waals surface area contributed by atoms with Gasteiger partial charge in [-0.15, -0.1) is 0 Å². The zero-order valence-corrected chi connectivity index (χ0v) is 11.0. The Hall–Kier alpha value is -0.610. The molecule has 0 heterocycles. The highest BCUT2D eigenvalue weighted by Crippen LogP contribution is 2.07. The Morgan fingerprint density at radius 1 is 1.31 bits per heavy atom. The summed E-state index contributed by atoms with van der Waals surface area (Å²) in [5.41, 5.74) is -0.734. The molecule has 0 radical (unpaired) electrons. The SMILES string of the molecule is CCCCCOCC(C)(NC)C(=O)OCC. The maximum Gasteiger partial charge on any atom is 0.328 e. The third-order valence-electron chi connectivity index (χ3n) is 2.56. The number of ether oxygens (including phenoxy) is 2. The molecule has 0 saturated heterocycles. The Labute approximate surface area is 98.7 Å². The summed E-state index contributed by atoms with van der Waals surface area (Å²) in [4.78, 5) is 11.7. The van der Waals surface area contributed by atoms with Gasteiger partial charge in [0.1, 0.15) is 5.54 Å². The van der Waals surface area contributed by atoms with E-state index >= 15 is 0 Å². The van der Waals surface area contributed by atoms with Crippen molar-refractivity contribution in [3.8, 4) is 0 Å². The number of unbranched alkanes of at least 4 members (excludes halogenated alkanes) is 2. The van der Waals surface area contributed by atoms with Crippen molar-refractivity contribution in [2.75, 3.05) is 26.9 Å². The Morgan fingerprint density at radius 3 is 2.50 bits per heavy atom. The fourth-order valence-electron chi connectivity index (χ4n) is 1.25. The lowest BCUT2D eigenvalue weighted by Crippen LogP contribution is -2.52. The number of likely N-dealkylation sites (N-methyl/N-ethyl adjacent to an activating group) is 1. The highest BCUT2D eigenvalue weighted by Gasteiger charge is 2.33. The van der Waals surface area contributed by atoms with E-state index in [1.165, 1.54) is 6.42 Å². The lowest BCUT2D eigenvalue weighted by Gasteiger charge is -2.26. The Bertz CT molecular complexity index is 197. The first kappa shape index (κ1) is 15.4. The molecule has 0 aliphatic heterocycles. The van der Waals surface area contributed by atoms with Crippen molar-refractivity contribution >= 4 is 5.97 Å². The Morgan fingerprint density at radius 2 is 2.00 bits per heavy atom. The first-order valence-electron chi connectivity index (χ1n) is 6.04. The number of carbonyl (C=O) groups excluding carboxylic acids is 1. The summed E-state index contributed by atoms with van der Waals surface area (Å²) in [6.07, 6.45) is 3.37. The molecule has 1 unspecified atom stereocenters. The second-order valence-electron chi connectivity index (χ2n) is 4.06. The molecular weight excluding hydrogens is 206 g/mol. The average Bonchev–Trinajstić information content (AvgIpc) is 2.28. The van der Waals surface area contributed by atoms with Gasteiger partial charge in [-0.05, 0) is 27.3 Å². The molecule has 1 N–H and O–H groups in total. The van der Waals surface area contributed by atoms with Gasteiger partial charge in [-0.2, -0.15) is 0 Å². The Balaban J connectivity index is 3.92.